The van der Waals surface area contributed by atoms with Crippen molar-refractivity contribution in [3.8, 4) is 0 Å². The minimum Gasteiger partial charge on any atom is -0.329 e. The van der Waals surface area contributed by atoms with Crippen molar-refractivity contribution in [1.82, 2.24) is 0 Å². The smallest absolute Gasteiger partial charge is 0.329 e. The Hall–Kier alpha value is 0.597. The Morgan fingerprint density at radius 2 is 1.50 bits per heavy atom. The molecule has 0 bridgehead atoms. The molecule has 0 aliphatic heterocycles. The molecule has 0 atom stereocenters. The van der Waals surface area contributed by atoms with Gasteiger partial charge in [0.15, 0.2) is 0 Å². The van der Waals surface area contributed by atoms with Crippen LogP contribution in [0.4, 0.5) is 0 Å². The summed E-state index contributed by atoms with van der Waals surface area (Å²) in [7, 11) is 0. The van der Waals surface area contributed by atoms with Gasteiger partial charge in [-0.05, 0) is 0 Å². The van der Waals surface area contributed by atoms with Gasteiger partial charge in [0.2, 0.25) is 0 Å². The van der Waals surface area contributed by atoms with E-state index in [1.807, 2.05) is 0 Å². The molecule has 0 unspecified atom stereocenters. The van der Waals surface area contributed by atoms with Crippen LogP contribution in [0.25, 0.3) is 0 Å². The average molecular weight is 78.1 g/mol. The monoisotopic (exact) mass is 78.1 g/mol. The maximum absolute atomic E-state index is 2.17. The Morgan fingerprint density at radius 1 is 1.33 bits per heavy atom. The van der Waals surface area contributed by atoms with Gasteiger partial charge in [0.25, 0.3) is 0 Å². The fourth-order valence-corrected chi connectivity index (χ4v) is 0. The molecule has 0 heterocycles. The second-order valence-corrected chi connectivity index (χ2v) is 1.58. The Morgan fingerprint density at radius 3 is 1.50 bits per heavy atom. The van der Waals surface area contributed by atoms with E-state index in [2.05, 4.69) is 27.2 Å². The molecule has 0 aromatic rings. The molecule has 32 valence electrons. The van der Waals surface area contributed by atoms with Crippen LogP contribution in [0, 0.1) is 12.3 Å². The first-order valence-electron chi connectivity index (χ1n) is 2.07. The van der Waals surface area contributed by atoms with Gasteiger partial charge in [-0.2, -0.15) is 12.8 Å². The van der Waals surface area contributed by atoms with Crippen molar-refractivity contribution in [2.24, 2.45) is 5.92 Å². The van der Waals surface area contributed by atoms with Gasteiger partial charge < -0.3 is 6.42 Å². The molecule has 0 saturated heterocycles. The molecule has 0 nitrogen and oxygen atoms in total. The molecule has 0 spiro atoms. The molecule has 0 aliphatic rings. The third-order valence-electron chi connectivity index (χ3n) is 0.667. The first kappa shape index (κ1) is 9.78. The maximum atomic E-state index is 2.17. The van der Waals surface area contributed by atoms with Gasteiger partial charge in [0.05, 0.1) is 0 Å². The minimum atomic E-state index is 0. The summed E-state index contributed by atoms with van der Waals surface area (Å²) < 4.78 is 0. The van der Waals surface area contributed by atoms with Crippen molar-refractivity contribution in [3.63, 3.8) is 0 Å². The summed E-state index contributed by atoms with van der Waals surface area (Å²) in [4.78, 5) is 0. The van der Waals surface area contributed by atoms with E-state index in [-0.39, 0.29) is 18.9 Å². The van der Waals surface area contributed by atoms with E-state index in [9.17, 15) is 0 Å². The summed E-state index contributed by atoms with van der Waals surface area (Å²) in [5.74, 6) is 0.759. The zero-order valence-electron chi connectivity index (χ0n) is 5.15. The summed E-state index contributed by atoms with van der Waals surface area (Å²) in [5, 5.41) is 0. The third kappa shape index (κ3) is 8.82. The zero-order valence-corrected chi connectivity index (χ0v) is 5.15. The van der Waals surface area contributed by atoms with Crippen LogP contribution in [0.1, 0.15) is 20.8 Å². The van der Waals surface area contributed by atoms with Crippen LogP contribution in [0.3, 0.4) is 0 Å². The molecule has 0 aromatic carbocycles. The van der Waals surface area contributed by atoms with E-state index in [1.165, 1.54) is 0 Å². The molecule has 0 radical (unpaired) electrons. The first-order valence-corrected chi connectivity index (χ1v) is 2.07. The van der Waals surface area contributed by atoms with E-state index in [1.54, 1.807) is 0 Å². The van der Waals surface area contributed by atoms with Crippen LogP contribution in [-0.4, -0.2) is 0 Å². The molecular weight excluding hydrogens is 67.0 g/mol. The summed E-state index contributed by atoms with van der Waals surface area (Å²) in [5.41, 5.74) is 0. The van der Waals surface area contributed by atoms with Crippen molar-refractivity contribution < 1.29 is 18.9 Å². The maximum Gasteiger partial charge on any atom is 1.00 e. The number of hydrogen-bond acceptors (Lipinski definition) is 0. The molecule has 0 aromatic heterocycles. The standard InChI is InChI=1S/C5H11.Li/c1-4-5(2)3;/h4-5H,1-3H3;/q-1;+1. The molecular formula is C5H11Li. The van der Waals surface area contributed by atoms with Crippen LogP contribution in [0.15, 0.2) is 0 Å². The Balaban J connectivity index is 0. The van der Waals surface area contributed by atoms with Crippen LogP contribution < -0.4 is 18.9 Å². The molecule has 1 heteroatoms. The van der Waals surface area contributed by atoms with Crippen molar-refractivity contribution >= 4 is 0 Å². The van der Waals surface area contributed by atoms with E-state index in [0.717, 1.165) is 5.92 Å². The summed E-state index contributed by atoms with van der Waals surface area (Å²) in [6, 6.07) is 0. The topological polar surface area (TPSA) is 0 Å². The van der Waals surface area contributed by atoms with Crippen LogP contribution in [0.2, 0.25) is 0 Å². The van der Waals surface area contributed by atoms with Crippen molar-refractivity contribution in [1.29, 1.82) is 0 Å². The van der Waals surface area contributed by atoms with Crippen molar-refractivity contribution in [3.05, 3.63) is 6.42 Å². The van der Waals surface area contributed by atoms with Crippen LogP contribution in [-0.2, 0) is 0 Å². The third-order valence-corrected chi connectivity index (χ3v) is 0.667. The van der Waals surface area contributed by atoms with Crippen molar-refractivity contribution in [2.45, 2.75) is 20.8 Å². The molecule has 6 heavy (non-hydrogen) atoms. The molecule has 0 fully saturated rings. The normalized spacial score (nSPS) is 8.00. The molecule has 0 rings (SSSR count). The van der Waals surface area contributed by atoms with Gasteiger partial charge >= 0.3 is 18.9 Å². The fourth-order valence-electron chi connectivity index (χ4n) is 0. The average Bonchev–Trinajstić information content (AvgIpc) is 1.38. The molecule has 0 N–H and O–H groups in total. The molecule has 0 aliphatic carbocycles. The van der Waals surface area contributed by atoms with Crippen LogP contribution in [0.5, 0.6) is 0 Å². The van der Waals surface area contributed by atoms with Crippen LogP contribution >= 0.6 is 0 Å². The van der Waals surface area contributed by atoms with E-state index >= 15 is 0 Å². The largest absolute Gasteiger partial charge is 1.00 e. The SMILES string of the molecule is C[CH-]C(C)C.[Li+]. The minimum absolute atomic E-state index is 0. The van der Waals surface area contributed by atoms with Gasteiger partial charge in [-0.1, -0.05) is 13.8 Å². The summed E-state index contributed by atoms with van der Waals surface area (Å²) in [6.45, 7) is 6.41. The van der Waals surface area contributed by atoms with Gasteiger partial charge in [0, 0.05) is 0 Å². The van der Waals surface area contributed by atoms with E-state index in [4.69, 9.17) is 0 Å². The second kappa shape index (κ2) is 5.60. The molecule has 0 amide bonds. The van der Waals surface area contributed by atoms with E-state index in [0.29, 0.717) is 0 Å². The summed E-state index contributed by atoms with van der Waals surface area (Å²) >= 11 is 0. The van der Waals surface area contributed by atoms with Gasteiger partial charge in [0.1, 0.15) is 0 Å². The Labute approximate surface area is 52.5 Å². The number of hydrogen-bond donors (Lipinski definition) is 0. The van der Waals surface area contributed by atoms with Gasteiger partial charge in [-0.15, -0.1) is 0 Å². The quantitative estimate of drug-likeness (QED) is 0.275. The first-order chi connectivity index (χ1) is 2.27. The van der Waals surface area contributed by atoms with E-state index < -0.39 is 0 Å². The Bertz CT molecular complexity index is 17.9. The van der Waals surface area contributed by atoms with Gasteiger partial charge in [-0.3, -0.25) is 0 Å². The van der Waals surface area contributed by atoms with Crippen molar-refractivity contribution in [2.75, 3.05) is 0 Å². The second-order valence-electron chi connectivity index (χ2n) is 1.58. The molecule has 0 saturated carbocycles. The predicted octanol–water partition coefficient (Wildman–Crippen LogP) is -1.13. The zero-order chi connectivity index (χ0) is 4.28. The van der Waals surface area contributed by atoms with Gasteiger partial charge in [-0.25, -0.2) is 0 Å². The number of rotatable bonds is 1. The fraction of sp³-hybridized carbons (Fsp3) is 0.800. The Kier molecular flexibility index (Phi) is 9.12. The predicted molar refractivity (Wildman–Crippen MR) is 24.8 cm³/mol. The summed E-state index contributed by atoms with van der Waals surface area (Å²) in [6.07, 6.45) is 2.17.